The summed E-state index contributed by atoms with van der Waals surface area (Å²) in [7, 11) is 1.72. The highest BCUT2D eigenvalue weighted by molar-refractivity contribution is 8.00. The van der Waals surface area contributed by atoms with E-state index in [2.05, 4.69) is 4.98 Å². The Morgan fingerprint density at radius 1 is 1.32 bits per heavy atom. The van der Waals surface area contributed by atoms with Crippen molar-refractivity contribution in [2.45, 2.75) is 4.90 Å². The normalized spacial score (nSPS) is 10.2. The first kappa shape index (κ1) is 13.4. The Morgan fingerprint density at radius 3 is 2.74 bits per heavy atom. The topological polar surface area (TPSA) is 59.2 Å². The van der Waals surface area contributed by atoms with Crippen molar-refractivity contribution in [1.82, 2.24) is 4.98 Å². The van der Waals surface area contributed by atoms with Gasteiger partial charge in [-0.3, -0.25) is 9.78 Å². The van der Waals surface area contributed by atoms with Crippen LogP contribution in [0.1, 0.15) is 0 Å². The highest BCUT2D eigenvalue weighted by Crippen LogP contribution is 2.22. The quantitative estimate of drug-likeness (QED) is 0.869. The lowest BCUT2D eigenvalue weighted by Crippen LogP contribution is -2.28. The van der Waals surface area contributed by atoms with E-state index < -0.39 is 0 Å². The van der Waals surface area contributed by atoms with E-state index in [0.717, 1.165) is 4.90 Å². The Morgan fingerprint density at radius 2 is 2.05 bits per heavy atom. The number of thioether (sulfide) groups is 1. The molecule has 0 radical (unpaired) electrons. The first-order valence-corrected chi connectivity index (χ1v) is 6.81. The summed E-state index contributed by atoms with van der Waals surface area (Å²) in [5, 5.41) is 0. The molecule has 2 N–H and O–H groups in total. The smallest absolute Gasteiger partial charge is 0.237 e. The standard InChI is InChI=1S/C14H15N3OS/c1-17(13-7-8-16-9-12(13)15)14(18)10-19-11-5-3-2-4-6-11/h2-9H,10,15H2,1H3. The van der Waals surface area contributed by atoms with Gasteiger partial charge in [-0.2, -0.15) is 0 Å². The zero-order valence-corrected chi connectivity index (χ0v) is 11.4. The highest BCUT2D eigenvalue weighted by Gasteiger charge is 2.13. The van der Waals surface area contributed by atoms with Crippen molar-refractivity contribution in [3.8, 4) is 0 Å². The number of hydrogen-bond donors (Lipinski definition) is 1. The zero-order chi connectivity index (χ0) is 13.7. The minimum atomic E-state index is 0.00625. The Kier molecular flexibility index (Phi) is 4.41. The Balaban J connectivity index is 1.99. The molecule has 98 valence electrons. The van der Waals surface area contributed by atoms with Crippen LogP contribution in [0.2, 0.25) is 0 Å². The van der Waals surface area contributed by atoms with Gasteiger partial charge in [0.1, 0.15) is 0 Å². The summed E-state index contributed by atoms with van der Waals surface area (Å²) < 4.78 is 0. The molecule has 0 aliphatic carbocycles. The lowest BCUT2D eigenvalue weighted by molar-refractivity contribution is -0.115. The third-order valence-electron chi connectivity index (χ3n) is 2.67. The minimum absolute atomic E-state index is 0.00625. The lowest BCUT2D eigenvalue weighted by atomic mass is 10.3. The molecule has 19 heavy (non-hydrogen) atoms. The molecule has 1 aromatic carbocycles. The molecule has 0 saturated heterocycles. The molecule has 0 spiro atoms. The lowest BCUT2D eigenvalue weighted by Gasteiger charge is -2.18. The van der Waals surface area contributed by atoms with Gasteiger partial charge in [0.2, 0.25) is 5.91 Å². The molecule has 0 unspecified atom stereocenters. The average molecular weight is 273 g/mol. The van der Waals surface area contributed by atoms with Gasteiger partial charge in [-0.1, -0.05) is 18.2 Å². The number of benzene rings is 1. The summed E-state index contributed by atoms with van der Waals surface area (Å²) in [6, 6.07) is 11.6. The molecule has 0 bridgehead atoms. The summed E-state index contributed by atoms with van der Waals surface area (Å²) in [5.74, 6) is 0.384. The number of pyridine rings is 1. The molecule has 4 nitrogen and oxygen atoms in total. The van der Waals surface area contributed by atoms with E-state index in [9.17, 15) is 4.79 Å². The van der Waals surface area contributed by atoms with Crippen LogP contribution < -0.4 is 10.6 Å². The fourth-order valence-corrected chi connectivity index (χ4v) is 2.43. The molecule has 1 aromatic heterocycles. The van der Waals surface area contributed by atoms with Crippen molar-refractivity contribution in [3.05, 3.63) is 48.8 Å². The van der Waals surface area contributed by atoms with Gasteiger partial charge >= 0.3 is 0 Å². The first-order chi connectivity index (χ1) is 9.18. The van der Waals surface area contributed by atoms with E-state index in [1.165, 1.54) is 11.8 Å². The Hall–Kier alpha value is -2.01. The van der Waals surface area contributed by atoms with Gasteiger partial charge in [0.15, 0.2) is 0 Å². The van der Waals surface area contributed by atoms with Gasteiger partial charge in [0.25, 0.3) is 0 Å². The number of amides is 1. The molecule has 1 amide bonds. The van der Waals surface area contributed by atoms with Gasteiger partial charge in [-0.15, -0.1) is 11.8 Å². The maximum atomic E-state index is 12.1. The molecule has 0 aliphatic heterocycles. The SMILES string of the molecule is CN(C(=O)CSc1ccccc1)c1ccncc1N. The summed E-state index contributed by atoms with van der Waals surface area (Å²) in [4.78, 5) is 18.6. The molecule has 2 rings (SSSR count). The second kappa shape index (κ2) is 6.24. The van der Waals surface area contributed by atoms with Crippen molar-refractivity contribution in [2.75, 3.05) is 23.4 Å². The van der Waals surface area contributed by atoms with Gasteiger partial charge in [-0.05, 0) is 18.2 Å². The summed E-state index contributed by atoms with van der Waals surface area (Å²) in [5.41, 5.74) is 6.99. The minimum Gasteiger partial charge on any atom is -0.396 e. The number of aromatic nitrogens is 1. The molecule has 0 saturated carbocycles. The number of hydrogen-bond acceptors (Lipinski definition) is 4. The molecule has 5 heteroatoms. The van der Waals surface area contributed by atoms with Gasteiger partial charge in [0, 0.05) is 18.1 Å². The molecular formula is C14H15N3OS. The van der Waals surface area contributed by atoms with Crippen molar-refractivity contribution in [2.24, 2.45) is 0 Å². The number of nitrogen functional groups attached to an aromatic ring is 1. The number of carbonyl (C=O) groups excluding carboxylic acids is 1. The van der Waals surface area contributed by atoms with Crippen LogP contribution in [0.25, 0.3) is 0 Å². The highest BCUT2D eigenvalue weighted by atomic mass is 32.2. The van der Waals surface area contributed by atoms with E-state index in [0.29, 0.717) is 17.1 Å². The maximum absolute atomic E-state index is 12.1. The Bertz CT molecular complexity index is 560. The van der Waals surface area contributed by atoms with Crippen LogP contribution in [0.5, 0.6) is 0 Å². The number of rotatable bonds is 4. The fourth-order valence-electron chi connectivity index (χ4n) is 1.60. The van der Waals surface area contributed by atoms with Crippen LogP contribution in [-0.2, 0) is 4.79 Å². The van der Waals surface area contributed by atoms with E-state index in [1.807, 2.05) is 30.3 Å². The van der Waals surface area contributed by atoms with Crippen LogP contribution in [0.15, 0.2) is 53.7 Å². The zero-order valence-electron chi connectivity index (χ0n) is 10.6. The second-order valence-electron chi connectivity index (χ2n) is 3.99. The van der Waals surface area contributed by atoms with Crippen molar-refractivity contribution in [3.63, 3.8) is 0 Å². The molecule has 1 heterocycles. The van der Waals surface area contributed by atoms with Gasteiger partial charge in [0.05, 0.1) is 23.3 Å². The fraction of sp³-hybridized carbons (Fsp3) is 0.143. The summed E-state index contributed by atoms with van der Waals surface area (Å²) >= 11 is 1.51. The van der Waals surface area contributed by atoms with Crippen molar-refractivity contribution < 1.29 is 4.79 Å². The van der Waals surface area contributed by atoms with Crippen LogP contribution in [0, 0.1) is 0 Å². The largest absolute Gasteiger partial charge is 0.396 e. The van der Waals surface area contributed by atoms with Gasteiger partial charge < -0.3 is 10.6 Å². The summed E-state index contributed by atoms with van der Waals surface area (Å²) in [6.07, 6.45) is 3.17. The molecule has 0 atom stereocenters. The molecular weight excluding hydrogens is 258 g/mol. The number of carbonyl (C=O) groups is 1. The molecule has 0 aliphatic rings. The number of nitrogens with two attached hydrogens (primary N) is 1. The predicted molar refractivity (Wildman–Crippen MR) is 79.2 cm³/mol. The second-order valence-corrected chi connectivity index (χ2v) is 5.04. The predicted octanol–water partition coefficient (Wildman–Crippen LogP) is 2.42. The van der Waals surface area contributed by atoms with Crippen molar-refractivity contribution in [1.29, 1.82) is 0 Å². The van der Waals surface area contributed by atoms with Crippen LogP contribution in [0.4, 0.5) is 11.4 Å². The van der Waals surface area contributed by atoms with Crippen LogP contribution in [0.3, 0.4) is 0 Å². The third-order valence-corrected chi connectivity index (χ3v) is 3.67. The first-order valence-electron chi connectivity index (χ1n) is 5.82. The summed E-state index contributed by atoms with van der Waals surface area (Å²) in [6.45, 7) is 0. The van der Waals surface area contributed by atoms with E-state index in [-0.39, 0.29) is 5.91 Å². The monoisotopic (exact) mass is 273 g/mol. The van der Waals surface area contributed by atoms with Gasteiger partial charge in [-0.25, -0.2) is 0 Å². The van der Waals surface area contributed by atoms with E-state index in [4.69, 9.17) is 5.73 Å². The van der Waals surface area contributed by atoms with Crippen LogP contribution in [-0.4, -0.2) is 23.7 Å². The molecule has 2 aromatic rings. The van der Waals surface area contributed by atoms with E-state index in [1.54, 1.807) is 30.4 Å². The van der Waals surface area contributed by atoms with Crippen molar-refractivity contribution >= 4 is 29.0 Å². The maximum Gasteiger partial charge on any atom is 0.237 e. The third kappa shape index (κ3) is 3.48. The number of anilines is 2. The average Bonchev–Trinajstić information content (AvgIpc) is 2.45. The van der Waals surface area contributed by atoms with E-state index >= 15 is 0 Å². The number of nitrogens with zero attached hydrogens (tertiary/aromatic N) is 2. The van der Waals surface area contributed by atoms with Crippen LogP contribution >= 0.6 is 11.8 Å². The molecule has 0 fully saturated rings. The Labute approximate surface area is 116 Å².